The van der Waals surface area contributed by atoms with Crippen molar-refractivity contribution < 1.29 is 9.53 Å². The molecule has 1 fully saturated rings. The van der Waals surface area contributed by atoms with Crippen LogP contribution in [0.3, 0.4) is 0 Å². The van der Waals surface area contributed by atoms with E-state index in [-0.39, 0.29) is 18.3 Å². The second-order valence-corrected chi connectivity index (χ2v) is 5.73. The summed E-state index contributed by atoms with van der Waals surface area (Å²) in [5, 5.41) is 3.39. The molecule has 1 saturated heterocycles. The summed E-state index contributed by atoms with van der Waals surface area (Å²) in [7, 11) is 1.93. The van der Waals surface area contributed by atoms with Crippen molar-refractivity contribution in [1.82, 2.24) is 10.2 Å². The summed E-state index contributed by atoms with van der Waals surface area (Å²) < 4.78 is 5.41. The van der Waals surface area contributed by atoms with Crippen LogP contribution in [0.5, 0.6) is 0 Å². The molecule has 0 bridgehead atoms. The number of hydrogen-bond acceptors (Lipinski definition) is 3. The Morgan fingerprint density at radius 2 is 2.05 bits per heavy atom. The summed E-state index contributed by atoms with van der Waals surface area (Å²) in [4.78, 5) is 14.5. The molecule has 2 aliphatic rings. The first-order valence-corrected chi connectivity index (χ1v) is 7.43. The molecule has 5 heteroatoms. The van der Waals surface area contributed by atoms with Gasteiger partial charge in [0.05, 0.1) is 13.2 Å². The van der Waals surface area contributed by atoms with Crippen molar-refractivity contribution in [2.24, 2.45) is 0 Å². The van der Waals surface area contributed by atoms with Crippen molar-refractivity contribution in [3.63, 3.8) is 0 Å². The highest BCUT2D eigenvalue weighted by atomic mass is 35.5. The van der Waals surface area contributed by atoms with E-state index in [1.54, 1.807) is 0 Å². The molecule has 0 radical (unpaired) electrons. The van der Waals surface area contributed by atoms with Gasteiger partial charge in [0.1, 0.15) is 0 Å². The Hall–Kier alpha value is -1.10. The van der Waals surface area contributed by atoms with Crippen LogP contribution >= 0.6 is 12.4 Å². The van der Waals surface area contributed by atoms with Crippen molar-refractivity contribution in [2.45, 2.75) is 38.5 Å². The Kier molecular flexibility index (Phi) is 5.62. The maximum Gasteiger partial charge on any atom is 0.253 e. The topological polar surface area (TPSA) is 41.6 Å². The summed E-state index contributed by atoms with van der Waals surface area (Å²) >= 11 is 0. The summed E-state index contributed by atoms with van der Waals surface area (Å²) in [5.74, 6) is 0.131. The van der Waals surface area contributed by atoms with Crippen molar-refractivity contribution >= 4 is 18.3 Å². The molecular formula is C16H23ClN2O2. The van der Waals surface area contributed by atoms with Crippen molar-refractivity contribution in [2.75, 3.05) is 20.1 Å². The quantitative estimate of drug-likeness (QED) is 0.912. The van der Waals surface area contributed by atoms with Gasteiger partial charge in [-0.15, -0.1) is 12.4 Å². The zero-order valence-corrected chi connectivity index (χ0v) is 13.2. The van der Waals surface area contributed by atoms with Crippen molar-refractivity contribution in [3.05, 3.63) is 34.9 Å². The number of carbonyl (C=O) groups is 1. The fourth-order valence-electron chi connectivity index (χ4n) is 3.06. The van der Waals surface area contributed by atoms with E-state index >= 15 is 0 Å². The Morgan fingerprint density at radius 3 is 2.90 bits per heavy atom. The van der Waals surface area contributed by atoms with Gasteiger partial charge in [-0.3, -0.25) is 4.79 Å². The lowest BCUT2D eigenvalue weighted by Crippen LogP contribution is -2.37. The smallest absolute Gasteiger partial charge is 0.253 e. The predicted molar refractivity (Wildman–Crippen MR) is 84.8 cm³/mol. The molecule has 1 aromatic carbocycles. The van der Waals surface area contributed by atoms with Gasteiger partial charge in [0.15, 0.2) is 0 Å². The fourth-order valence-corrected chi connectivity index (χ4v) is 3.06. The Morgan fingerprint density at radius 1 is 1.24 bits per heavy atom. The first-order chi connectivity index (χ1) is 9.75. The molecule has 2 aliphatic heterocycles. The highest BCUT2D eigenvalue weighted by Crippen LogP contribution is 2.22. The molecule has 0 spiro atoms. The second kappa shape index (κ2) is 7.25. The zero-order valence-electron chi connectivity index (χ0n) is 12.4. The lowest BCUT2D eigenvalue weighted by molar-refractivity contribution is 0.0720. The van der Waals surface area contributed by atoms with E-state index in [0.29, 0.717) is 19.3 Å². The van der Waals surface area contributed by atoms with Gasteiger partial charge < -0.3 is 15.0 Å². The molecule has 0 aromatic heterocycles. The van der Waals surface area contributed by atoms with E-state index in [9.17, 15) is 4.79 Å². The molecule has 4 nitrogen and oxygen atoms in total. The molecule has 21 heavy (non-hydrogen) atoms. The highest BCUT2D eigenvalue weighted by molar-refractivity contribution is 5.94. The average molecular weight is 311 g/mol. The Labute approximate surface area is 132 Å². The molecule has 116 valence electrons. The number of rotatable bonds is 2. The molecule has 1 amide bonds. The standard InChI is InChI=1S/C16H22N2O2.ClH/c1-18(15-3-2-7-17-8-6-15)16(19)12-4-5-13-10-20-11-14(13)9-12;/h4-5,9,15,17H,2-3,6-8,10-11H2,1H3;1H. The minimum Gasteiger partial charge on any atom is -0.372 e. The van der Waals surface area contributed by atoms with Gasteiger partial charge >= 0.3 is 0 Å². The number of benzene rings is 1. The number of fused-ring (bicyclic) bond motifs is 1. The lowest BCUT2D eigenvalue weighted by atomic mass is 10.0. The molecule has 1 aromatic rings. The molecule has 2 heterocycles. The van der Waals surface area contributed by atoms with Crippen LogP contribution in [0.2, 0.25) is 0 Å². The van der Waals surface area contributed by atoms with Gasteiger partial charge in [-0.05, 0) is 55.6 Å². The number of nitrogens with one attached hydrogen (secondary N) is 1. The number of ether oxygens (including phenoxy) is 1. The van der Waals surface area contributed by atoms with Crippen LogP contribution in [0.15, 0.2) is 18.2 Å². The van der Waals surface area contributed by atoms with Gasteiger partial charge in [0.2, 0.25) is 0 Å². The number of carbonyl (C=O) groups excluding carboxylic acids is 1. The van der Waals surface area contributed by atoms with Gasteiger partial charge in [-0.1, -0.05) is 6.07 Å². The van der Waals surface area contributed by atoms with Gasteiger partial charge in [-0.25, -0.2) is 0 Å². The van der Waals surface area contributed by atoms with E-state index < -0.39 is 0 Å². The number of hydrogen-bond donors (Lipinski definition) is 1. The SMILES string of the molecule is CN(C(=O)c1ccc2c(c1)COC2)C1CCCNCC1.Cl. The first kappa shape index (κ1) is 16.3. The minimum atomic E-state index is 0. The van der Waals surface area contributed by atoms with Crippen LogP contribution in [0, 0.1) is 0 Å². The Balaban J connectivity index is 0.00000161. The van der Waals surface area contributed by atoms with E-state index in [1.807, 2.05) is 30.1 Å². The van der Waals surface area contributed by atoms with Crippen LogP contribution in [0.1, 0.15) is 40.7 Å². The van der Waals surface area contributed by atoms with Crippen molar-refractivity contribution in [3.8, 4) is 0 Å². The molecular weight excluding hydrogens is 288 g/mol. The Bertz CT molecular complexity index is 499. The summed E-state index contributed by atoms with van der Waals surface area (Å²) in [6.07, 6.45) is 3.26. The normalized spacial score (nSPS) is 21.1. The van der Waals surface area contributed by atoms with Crippen LogP contribution in [0.25, 0.3) is 0 Å². The van der Waals surface area contributed by atoms with Gasteiger partial charge in [0, 0.05) is 18.7 Å². The van der Waals surface area contributed by atoms with E-state index in [2.05, 4.69) is 5.32 Å². The van der Waals surface area contributed by atoms with E-state index in [0.717, 1.165) is 43.5 Å². The summed E-state index contributed by atoms with van der Waals surface area (Å²) in [6, 6.07) is 6.30. The molecule has 3 rings (SSSR count). The fraction of sp³-hybridized carbons (Fsp3) is 0.562. The predicted octanol–water partition coefficient (Wildman–Crippen LogP) is 2.35. The molecule has 0 aliphatic carbocycles. The van der Waals surface area contributed by atoms with Crippen LogP contribution < -0.4 is 5.32 Å². The molecule has 1 N–H and O–H groups in total. The second-order valence-electron chi connectivity index (χ2n) is 5.73. The van der Waals surface area contributed by atoms with Crippen molar-refractivity contribution in [1.29, 1.82) is 0 Å². The van der Waals surface area contributed by atoms with Crippen LogP contribution in [-0.4, -0.2) is 37.0 Å². The highest BCUT2D eigenvalue weighted by Gasteiger charge is 2.23. The third-order valence-electron chi connectivity index (χ3n) is 4.38. The zero-order chi connectivity index (χ0) is 13.9. The average Bonchev–Trinajstić information content (AvgIpc) is 2.77. The monoisotopic (exact) mass is 310 g/mol. The summed E-state index contributed by atoms with van der Waals surface area (Å²) in [6.45, 7) is 3.37. The minimum absolute atomic E-state index is 0. The van der Waals surface area contributed by atoms with Gasteiger partial charge in [0.25, 0.3) is 5.91 Å². The maximum absolute atomic E-state index is 12.6. The molecule has 1 unspecified atom stereocenters. The number of nitrogens with zero attached hydrogens (tertiary/aromatic N) is 1. The largest absolute Gasteiger partial charge is 0.372 e. The van der Waals surface area contributed by atoms with Crippen LogP contribution in [-0.2, 0) is 18.0 Å². The first-order valence-electron chi connectivity index (χ1n) is 7.43. The maximum atomic E-state index is 12.6. The molecule has 1 atom stereocenters. The lowest BCUT2D eigenvalue weighted by Gasteiger charge is -2.27. The van der Waals surface area contributed by atoms with Gasteiger partial charge in [-0.2, -0.15) is 0 Å². The van der Waals surface area contributed by atoms with Crippen LogP contribution in [0.4, 0.5) is 0 Å². The number of amides is 1. The third kappa shape index (κ3) is 3.57. The van der Waals surface area contributed by atoms with E-state index in [4.69, 9.17) is 4.74 Å². The molecule has 0 saturated carbocycles. The number of halogens is 1. The third-order valence-corrected chi connectivity index (χ3v) is 4.38. The van der Waals surface area contributed by atoms with E-state index in [1.165, 1.54) is 5.56 Å². The summed E-state index contributed by atoms with van der Waals surface area (Å²) in [5.41, 5.74) is 3.16.